The van der Waals surface area contributed by atoms with E-state index in [9.17, 15) is 53.3 Å². The number of hydrogen-bond acceptors (Lipinski definition) is 11. The number of sulfonamides is 1. The molecule has 3 aliphatic carbocycles. The van der Waals surface area contributed by atoms with Gasteiger partial charge in [-0.1, -0.05) is 48.5 Å². The molecule has 302 valence electrons. The molecule has 3 aliphatic rings. The lowest BCUT2D eigenvalue weighted by Crippen LogP contribution is -2.48. The van der Waals surface area contributed by atoms with E-state index in [1.807, 2.05) is 48.5 Å². The highest BCUT2D eigenvalue weighted by molar-refractivity contribution is 14.1. The predicted octanol–water partition coefficient (Wildman–Crippen LogP) is 5.93. The second-order valence-electron chi connectivity index (χ2n) is 12.5. The molecule has 2 N–H and O–H groups in total. The standard InChI is InChI=1S/C36H27F4I2NO12S2/c37-24-15-18(33(44)43-57(50,51)36(38,39)40)9-10-27(24)53-12-14-55-35(46)31-29-22-7-3-1-5-20(22)28(21-6-2-4-8-23(21)29)30(31)34(45)54-13-11-52-19-16-25(41)32(26(42)17-19)56(47,48)49/h1-10,15-17,28-31H,11-14H2,(H,43,44)(H,47,48,49). The normalized spacial score (nSPS) is 18.5. The van der Waals surface area contributed by atoms with Gasteiger partial charge in [0.2, 0.25) is 0 Å². The minimum atomic E-state index is -6.03. The van der Waals surface area contributed by atoms with Crippen molar-refractivity contribution in [2.24, 2.45) is 11.8 Å². The highest BCUT2D eigenvalue weighted by Gasteiger charge is 2.56. The number of rotatable bonds is 13. The quantitative estimate of drug-likeness (QED) is 0.0529. The number of alkyl halides is 3. The number of halogens is 6. The molecule has 0 spiro atoms. The molecule has 0 fully saturated rings. The van der Waals surface area contributed by atoms with Gasteiger partial charge in [0.25, 0.3) is 16.0 Å². The second kappa shape index (κ2) is 16.7. The Labute approximate surface area is 349 Å². The van der Waals surface area contributed by atoms with Crippen LogP contribution < -0.4 is 14.2 Å². The van der Waals surface area contributed by atoms with Crippen LogP contribution in [0.2, 0.25) is 0 Å². The lowest BCUT2D eigenvalue weighted by Gasteiger charge is -2.48. The van der Waals surface area contributed by atoms with Crippen LogP contribution in [0.4, 0.5) is 17.6 Å². The number of esters is 2. The Morgan fingerprint density at radius 2 is 1.16 bits per heavy atom. The van der Waals surface area contributed by atoms with Gasteiger partial charge < -0.3 is 18.9 Å². The fourth-order valence-corrected chi connectivity index (χ4v) is 11.4. The maximum Gasteiger partial charge on any atom is 0.516 e. The van der Waals surface area contributed by atoms with Crippen molar-refractivity contribution in [1.29, 1.82) is 0 Å². The van der Waals surface area contributed by atoms with Crippen molar-refractivity contribution >= 4 is 83.2 Å². The molecule has 4 aromatic rings. The first-order valence-corrected chi connectivity index (χ1v) is 21.5. The summed E-state index contributed by atoms with van der Waals surface area (Å²) in [5.41, 5.74) is -3.21. The van der Waals surface area contributed by atoms with E-state index in [1.54, 1.807) is 45.2 Å². The summed E-state index contributed by atoms with van der Waals surface area (Å²) in [6, 6.07) is 19.7. The van der Waals surface area contributed by atoms with Crippen LogP contribution in [0.25, 0.3) is 0 Å². The molecule has 2 atom stereocenters. The van der Waals surface area contributed by atoms with Gasteiger partial charge in [-0.2, -0.15) is 30.0 Å². The van der Waals surface area contributed by atoms with Gasteiger partial charge in [-0.3, -0.25) is 18.9 Å². The second-order valence-corrected chi connectivity index (χ2v) is 17.9. The number of carbonyl (C=O) groups excluding carboxylic acids is 3. The van der Waals surface area contributed by atoms with E-state index in [1.165, 1.54) is 12.1 Å². The average Bonchev–Trinajstić information content (AvgIpc) is 3.13. The molecular formula is C36H27F4I2NO12S2. The summed E-state index contributed by atoms with van der Waals surface area (Å²) in [6.07, 6.45) is 0. The van der Waals surface area contributed by atoms with Gasteiger partial charge in [-0.05, 0) is 97.8 Å². The molecule has 0 saturated heterocycles. The Bertz CT molecular complexity index is 2410. The van der Waals surface area contributed by atoms with Crippen LogP contribution in [0, 0.1) is 24.8 Å². The van der Waals surface area contributed by atoms with Crippen molar-refractivity contribution in [2.75, 3.05) is 26.4 Å². The summed E-state index contributed by atoms with van der Waals surface area (Å²) < 4.78 is 132. The number of nitrogens with one attached hydrogen (secondary N) is 1. The SMILES string of the molecule is O=C(NS(=O)(=O)C(F)(F)F)c1ccc(OCCOC(=O)C2C3c4ccccc4C(c4ccccc43)C2C(=O)OCCOc2cc(I)c(S(=O)(=O)O)c(I)c2)c(F)c1. The van der Waals surface area contributed by atoms with E-state index in [2.05, 4.69) is 0 Å². The molecular weight excluding hydrogens is 1030 g/mol. The molecule has 0 heterocycles. The fourth-order valence-electron chi connectivity index (χ4n) is 6.90. The largest absolute Gasteiger partial charge is 0.516 e. The molecule has 0 radical (unpaired) electrons. The zero-order valence-electron chi connectivity index (χ0n) is 28.7. The number of fused-ring (bicyclic) bond motifs is 1. The molecule has 2 unspecified atom stereocenters. The zero-order valence-corrected chi connectivity index (χ0v) is 34.6. The Morgan fingerprint density at radius 3 is 1.58 bits per heavy atom. The first-order chi connectivity index (χ1) is 26.8. The number of hydrogen-bond donors (Lipinski definition) is 2. The third-order valence-electron chi connectivity index (χ3n) is 9.12. The van der Waals surface area contributed by atoms with Crippen LogP contribution >= 0.6 is 45.2 Å². The molecule has 0 aromatic heterocycles. The highest BCUT2D eigenvalue weighted by Crippen LogP contribution is 2.58. The van der Waals surface area contributed by atoms with E-state index in [0.29, 0.717) is 6.07 Å². The van der Waals surface area contributed by atoms with Gasteiger partial charge >= 0.3 is 27.5 Å². The van der Waals surface area contributed by atoms with E-state index >= 15 is 0 Å². The fraction of sp³-hybridized carbons (Fsp3) is 0.250. The van der Waals surface area contributed by atoms with Crippen LogP contribution in [0.15, 0.2) is 83.8 Å². The van der Waals surface area contributed by atoms with Crippen molar-refractivity contribution in [3.63, 3.8) is 0 Å². The monoisotopic (exact) mass is 1060 g/mol. The average molecular weight is 1060 g/mol. The molecule has 21 heteroatoms. The Morgan fingerprint density at radius 1 is 0.702 bits per heavy atom. The van der Waals surface area contributed by atoms with Crippen LogP contribution in [-0.2, 0) is 39.2 Å². The Balaban J connectivity index is 1.15. The van der Waals surface area contributed by atoms with E-state index in [-0.39, 0.29) is 31.0 Å². The summed E-state index contributed by atoms with van der Waals surface area (Å²) in [5.74, 6) is -8.01. The molecule has 0 aliphatic heterocycles. The topological polar surface area (TPSA) is 189 Å². The summed E-state index contributed by atoms with van der Waals surface area (Å²) >= 11 is 3.49. The number of ether oxygens (including phenoxy) is 4. The molecule has 2 bridgehead atoms. The number of benzene rings is 4. The van der Waals surface area contributed by atoms with Gasteiger partial charge in [0.15, 0.2) is 11.6 Å². The molecule has 0 saturated carbocycles. The Hall–Kier alpha value is -4.07. The minimum absolute atomic E-state index is 0.140. The lowest BCUT2D eigenvalue weighted by molar-refractivity contribution is -0.164. The maximum atomic E-state index is 14.7. The molecule has 4 aromatic carbocycles. The van der Waals surface area contributed by atoms with Crippen LogP contribution in [0.5, 0.6) is 11.5 Å². The van der Waals surface area contributed by atoms with E-state index in [4.69, 9.17) is 18.9 Å². The van der Waals surface area contributed by atoms with Crippen molar-refractivity contribution in [1.82, 2.24) is 4.72 Å². The summed E-state index contributed by atoms with van der Waals surface area (Å²) in [4.78, 5) is 39.7. The smallest absolute Gasteiger partial charge is 0.490 e. The van der Waals surface area contributed by atoms with Crippen LogP contribution in [0.3, 0.4) is 0 Å². The first-order valence-electron chi connectivity index (χ1n) is 16.5. The summed E-state index contributed by atoms with van der Waals surface area (Å²) in [7, 11) is -10.5. The van der Waals surface area contributed by atoms with Crippen molar-refractivity contribution in [3.05, 3.63) is 120 Å². The predicted molar refractivity (Wildman–Crippen MR) is 207 cm³/mol. The number of carbonyl (C=O) groups is 3. The lowest BCUT2D eigenvalue weighted by atomic mass is 9.54. The maximum absolute atomic E-state index is 14.7. The summed E-state index contributed by atoms with van der Waals surface area (Å²) in [6.45, 7) is -1.26. The van der Waals surface area contributed by atoms with E-state index < -0.39 is 97.5 Å². The van der Waals surface area contributed by atoms with Crippen molar-refractivity contribution in [3.8, 4) is 11.5 Å². The van der Waals surface area contributed by atoms with Crippen molar-refractivity contribution < 1.29 is 72.3 Å². The minimum Gasteiger partial charge on any atom is -0.490 e. The Kier molecular flexibility index (Phi) is 12.4. The van der Waals surface area contributed by atoms with Gasteiger partial charge in [-0.25, -0.2) is 9.11 Å². The number of amides is 1. The van der Waals surface area contributed by atoms with Gasteiger partial charge in [-0.15, -0.1) is 0 Å². The van der Waals surface area contributed by atoms with Crippen molar-refractivity contribution in [2.45, 2.75) is 22.2 Å². The third-order valence-corrected chi connectivity index (χ3v) is 13.6. The van der Waals surface area contributed by atoms with E-state index in [0.717, 1.165) is 39.1 Å². The third kappa shape index (κ3) is 8.85. The first kappa shape index (κ1) is 42.5. The van der Waals surface area contributed by atoms with Gasteiger partial charge in [0, 0.05) is 24.5 Å². The molecule has 1 amide bonds. The molecule has 13 nitrogen and oxygen atoms in total. The van der Waals surface area contributed by atoms with Gasteiger partial charge in [0.1, 0.15) is 37.1 Å². The highest BCUT2D eigenvalue weighted by atomic mass is 127. The molecule has 7 rings (SSSR count). The van der Waals surface area contributed by atoms with Crippen LogP contribution in [0.1, 0.15) is 44.4 Å². The van der Waals surface area contributed by atoms with Gasteiger partial charge in [0.05, 0.1) is 11.8 Å². The molecule has 57 heavy (non-hydrogen) atoms. The van der Waals surface area contributed by atoms with Crippen LogP contribution in [-0.4, -0.2) is 71.2 Å². The summed E-state index contributed by atoms with van der Waals surface area (Å²) in [5, 5.41) is 0. The zero-order chi connectivity index (χ0) is 41.4.